The molecule has 0 fully saturated rings. The molecule has 1 heterocycles. The zero-order valence-corrected chi connectivity index (χ0v) is 17.9. The van der Waals surface area contributed by atoms with Crippen LogP contribution in [-0.2, 0) is 0 Å². The van der Waals surface area contributed by atoms with Gasteiger partial charge in [0.25, 0.3) is 0 Å². The maximum Gasteiger partial charge on any atom is 0.163 e. The van der Waals surface area contributed by atoms with Crippen LogP contribution in [0.5, 0.6) is 11.5 Å². The predicted molar refractivity (Wildman–Crippen MR) is 115 cm³/mol. The van der Waals surface area contributed by atoms with E-state index in [0.717, 1.165) is 47.0 Å². The number of benzene rings is 2. The molecule has 0 aromatic heterocycles. The molecule has 0 saturated carbocycles. The standard InChI is InChI=1S/C23H25N3O2S/c1-4-7-10-13-26-18-11-8-9-12-19(18)29-23-20(26)21(27-5-2)16(14-24)17(15-25)22(23)28-6-3/h8-9,11-12H,4-7,10,13H2,1-3H3. The Balaban J connectivity index is 2.32. The van der Waals surface area contributed by atoms with Crippen molar-refractivity contribution in [3.05, 3.63) is 35.4 Å². The fraction of sp³-hybridized carbons (Fsp3) is 0.391. The van der Waals surface area contributed by atoms with Gasteiger partial charge >= 0.3 is 0 Å². The van der Waals surface area contributed by atoms with E-state index < -0.39 is 0 Å². The Bertz CT molecular complexity index is 976. The molecule has 6 heteroatoms. The number of nitriles is 2. The average Bonchev–Trinajstić information content (AvgIpc) is 2.74. The molecule has 0 saturated heterocycles. The van der Waals surface area contributed by atoms with Crippen LogP contribution in [0.3, 0.4) is 0 Å². The van der Waals surface area contributed by atoms with Crippen molar-refractivity contribution in [2.45, 2.75) is 49.8 Å². The van der Waals surface area contributed by atoms with E-state index in [1.165, 1.54) is 0 Å². The maximum absolute atomic E-state index is 9.88. The molecule has 1 aliphatic rings. The van der Waals surface area contributed by atoms with E-state index in [2.05, 4.69) is 36.1 Å². The van der Waals surface area contributed by atoms with Crippen LogP contribution in [0.25, 0.3) is 0 Å². The van der Waals surface area contributed by atoms with Gasteiger partial charge in [-0.25, -0.2) is 0 Å². The highest BCUT2D eigenvalue weighted by Crippen LogP contribution is 2.57. The van der Waals surface area contributed by atoms with Gasteiger partial charge in [0.1, 0.15) is 29.0 Å². The minimum atomic E-state index is 0.247. The Hall–Kier alpha value is -2.83. The third-order valence-electron chi connectivity index (χ3n) is 4.76. The zero-order chi connectivity index (χ0) is 20.8. The monoisotopic (exact) mass is 407 g/mol. The topological polar surface area (TPSA) is 69.3 Å². The van der Waals surface area contributed by atoms with Crippen molar-refractivity contribution in [3.63, 3.8) is 0 Å². The van der Waals surface area contributed by atoms with Gasteiger partial charge in [-0.2, -0.15) is 10.5 Å². The van der Waals surface area contributed by atoms with Crippen molar-refractivity contribution in [2.24, 2.45) is 0 Å². The summed E-state index contributed by atoms with van der Waals surface area (Å²) < 4.78 is 11.9. The number of nitrogens with zero attached hydrogens (tertiary/aromatic N) is 3. The normalized spacial score (nSPS) is 11.8. The highest BCUT2D eigenvalue weighted by Gasteiger charge is 2.34. The number of unbranched alkanes of at least 4 members (excludes halogenated alkanes) is 2. The van der Waals surface area contributed by atoms with Gasteiger partial charge in [0, 0.05) is 11.4 Å². The maximum atomic E-state index is 9.88. The predicted octanol–water partition coefficient (Wildman–Crippen LogP) is 6.02. The lowest BCUT2D eigenvalue weighted by atomic mass is 10.0. The summed E-state index contributed by atoms with van der Waals surface area (Å²) >= 11 is 1.57. The number of anilines is 2. The van der Waals surface area contributed by atoms with Crippen LogP contribution in [0.4, 0.5) is 11.4 Å². The van der Waals surface area contributed by atoms with E-state index >= 15 is 0 Å². The van der Waals surface area contributed by atoms with Crippen LogP contribution in [0.1, 0.15) is 51.2 Å². The molecule has 0 amide bonds. The number of rotatable bonds is 8. The van der Waals surface area contributed by atoms with Crippen molar-refractivity contribution >= 4 is 23.1 Å². The van der Waals surface area contributed by atoms with Crippen LogP contribution in [0.2, 0.25) is 0 Å². The van der Waals surface area contributed by atoms with Gasteiger partial charge in [-0.3, -0.25) is 0 Å². The summed E-state index contributed by atoms with van der Waals surface area (Å²) in [7, 11) is 0. The molecule has 0 atom stereocenters. The van der Waals surface area contributed by atoms with Crippen molar-refractivity contribution < 1.29 is 9.47 Å². The minimum absolute atomic E-state index is 0.247. The highest BCUT2D eigenvalue weighted by atomic mass is 32.2. The number of fused-ring (bicyclic) bond motifs is 2. The Morgan fingerprint density at radius 2 is 1.59 bits per heavy atom. The quantitative estimate of drug-likeness (QED) is 0.498. The number of hydrogen-bond acceptors (Lipinski definition) is 6. The third kappa shape index (κ3) is 3.86. The summed E-state index contributed by atoms with van der Waals surface area (Å²) in [4.78, 5) is 4.18. The van der Waals surface area contributed by atoms with Crippen molar-refractivity contribution in [3.8, 4) is 23.6 Å². The minimum Gasteiger partial charge on any atom is -0.491 e. The van der Waals surface area contributed by atoms with E-state index in [1.807, 2.05) is 26.0 Å². The highest BCUT2D eigenvalue weighted by molar-refractivity contribution is 7.99. The fourth-order valence-electron chi connectivity index (χ4n) is 3.54. The molecule has 150 valence electrons. The second kappa shape index (κ2) is 9.58. The van der Waals surface area contributed by atoms with Gasteiger partial charge in [-0.1, -0.05) is 43.7 Å². The van der Waals surface area contributed by atoms with Crippen LogP contribution >= 0.6 is 11.8 Å². The largest absolute Gasteiger partial charge is 0.491 e. The number of hydrogen-bond donors (Lipinski definition) is 0. The molecule has 0 radical (unpaired) electrons. The molecule has 0 N–H and O–H groups in total. The van der Waals surface area contributed by atoms with Crippen LogP contribution in [-0.4, -0.2) is 19.8 Å². The summed E-state index contributed by atoms with van der Waals surface area (Å²) in [6, 6.07) is 12.6. The molecule has 5 nitrogen and oxygen atoms in total. The first-order chi connectivity index (χ1) is 14.2. The summed E-state index contributed by atoms with van der Waals surface area (Å²) in [5, 5.41) is 19.7. The van der Waals surface area contributed by atoms with Crippen LogP contribution in [0, 0.1) is 22.7 Å². The zero-order valence-electron chi connectivity index (χ0n) is 17.1. The second-order valence-corrected chi connectivity index (χ2v) is 7.66. The summed E-state index contributed by atoms with van der Waals surface area (Å²) in [6.07, 6.45) is 3.26. The third-order valence-corrected chi connectivity index (χ3v) is 5.91. The molecule has 1 aliphatic heterocycles. The average molecular weight is 408 g/mol. The van der Waals surface area contributed by atoms with Gasteiger partial charge in [-0.15, -0.1) is 0 Å². The smallest absolute Gasteiger partial charge is 0.163 e. The molecular formula is C23H25N3O2S. The lowest BCUT2D eigenvalue weighted by Crippen LogP contribution is -2.24. The van der Waals surface area contributed by atoms with Gasteiger partial charge < -0.3 is 14.4 Å². The molecule has 29 heavy (non-hydrogen) atoms. The molecule has 0 unspecified atom stereocenters. The molecule has 0 bridgehead atoms. The Morgan fingerprint density at radius 1 is 0.931 bits per heavy atom. The first-order valence-corrected chi connectivity index (χ1v) is 10.9. The van der Waals surface area contributed by atoms with E-state index in [9.17, 15) is 10.5 Å². The molecule has 0 aliphatic carbocycles. The SMILES string of the molecule is CCCCCN1c2ccccc2Sc2c(OCC)c(C#N)c(C#N)c(OCC)c21. The van der Waals surface area contributed by atoms with E-state index in [-0.39, 0.29) is 11.1 Å². The number of ether oxygens (including phenoxy) is 2. The van der Waals surface area contributed by atoms with E-state index in [0.29, 0.717) is 24.7 Å². The van der Waals surface area contributed by atoms with E-state index in [1.54, 1.807) is 11.8 Å². The first kappa shape index (κ1) is 20.9. The Kier molecular flexibility index (Phi) is 6.90. The van der Waals surface area contributed by atoms with Crippen molar-refractivity contribution in [2.75, 3.05) is 24.7 Å². The summed E-state index contributed by atoms with van der Waals surface area (Å²) in [5.74, 6) is 0.952. The van der Waals surface area contributed by atoms with Crippen LogP contribution in [0.15, 0.2) is 34.1 Å². The lowest BCUT2D eigenvalue weighted by molar-refractivity contribution is 0.322. The fourth-order valence-corrected chi connectivity index (χ4v) is 4.74. The lowest BCUT2D eigenvalue weighted by Gasteiger charge is -2.35. The number of para-hydroxylation sites is 1. The van der Waals surface area contributed by atoms with Gasteiger partial charge in [0.2, 0.25) is 0 Å². The van der Waals surface area contributed by atoms with Crippen molar-refractivity contribution in [1.82, 2.24) is 0 Å². The first-order valence-electron chi connectivity index (χ1n) is 10.1. The summed E-state index contributed by atoms with van der Waals surface area (Å²) in [5.41, 5.74) is 2.43. The van der Waals surface area contributed by atoms with Gasteiger partial charge in [0.05, 0.1) is 23.8 Å². The molecule has 0 spiro atoms. The van der Waals surface area contributed by atoms with Crippen LogP contribution < -0.4 is 14.4 Å². The molecule has 2 aromatic carbocycles. The molecule has 2 aromatic rings. The Morgan fingerprint density at radius 3 is 2.24 bits per heavy atom. The van der Waals surface area contributed by atoms with E-state index in [4.69, 9.17) is 9.47 Å². The van der Waals surface area contributed by atoms with Gasteiger partial charge in [-0.05, 0) is 32.4 Å². The molecule has 3 rings (SSSR count). The summed E-state index contributed by atoms with van der Waals surface area (Å²) in [6.45, 7) is 7.59. The molecular weight excluding hydrogens is 382 g/mol. The second-order valence-electron chi connectivity index (χ2n) is 6.60. The van der Waals surface area contributed by atoms with Gasteiger partial charge in [0.15, 0.2) is 11.5 Å². The van der Waals surface area contributed by atoms with Crippen molar-refractivity contribution in [1.29, 1.82) is 10.5 Å². The Labute approximate surface area is 176 Å².